The lowest BCUT2D eigenvalue weighted by molar-refractivity contribution is 0.375. The molecule has 3 aromatic rings. The van der Waals surface area contributed by atoms with E-state index in [2.05, 4.69) is 35.2 Å². The van der Waals surface area contributed by atoms with Crippen LogP contribution in [-0.4, -0.2) is 19.6 Å². The number of hydrogen-bond acceptors (Lipinski definition) is 3. The molecule has 1 unspecified atom stereocenters. The molecule has 102 valence electrons. The lowest BCUT2D eigenvalue weighted by atomic mass is 9.79. The molecular weight excluding hydrogens is 250 g/mol. The molecule has 3 aromatic heterocycles. The number of aromatic nitrogens is 4. The number of pyridine rings is 1. The van der Waals surface area contributed by atoms with Crippen LogP contribution >= 0.6 is 0 Å². The van der Waals surface area contributed by atoms with Crippen molar-refractivity contribution in [1.29, 1.82) is 0 Å². The van der Waals surface area contributed by atoms with Crippen LogP contribution in [-0.2, 0) is 18.4 Å². The molecule has 0 fully saturated rings. The number of aromatic amines is 1. The van der Waals surface area contributed by atoms with Gasteiger partial charge in [0.05, 0.1) is 28.8 Å². The van der Waals surface area contributed by atoms with Crippen LogP contribution in [0.3, 0.4) is 0 Å². The maximum atomic E-state index is 6.60. The molecule has 0 aliphatic heterocycles. The largest absolute Gasteiger partial charge is 0.351 e. The summed E-state index contributed by atoms with van der Waals surface area (Å²) in [5, 5.41) is 4.69. The Morgan fingerprint density at radius 1 is 1.40 bits per heavy atom. The second-order valence-electron chi connectivity index (χ2n) is 5.75. The molecule has 3 heterocycles. The number of nitrogens with one attached hydrogen (secondary N) is 1. The minimum absolute atomic E-state index is 0.387. The number of hydrogen-bond donors (Lipinski definition) is 2. The fourth-order valence-corrected chi connectivity index (χ4v) is 3.14. The first-order valence-corrected chi connectivity index (χ1v) is 6.91. The van der Waals surface area contributed by atoms with Crippen LogP contribution in [0.15, 0.2) is 30.9 Å². The minimum atomic E-state index is -0.387. The standard InChI is InChI=1S/C15H17N5/c1-10-2-3-13-11-6-15(16,14-7-17-9-18-14)5-4-12(11)19-20(13)8-10/h2-3,7-9H,4-6,16H2,1H3,(H,17,18). The molecule has 4 rings (SSSR count). The molecule has 20 heavy (non-hydrogen) atoms. The highest BCUT2D eigenvalue weighted by Crippen LogP contribution is 2.35. The summed E-state index contributed by atoms with van der Waals surface area (Å²) in [5.41, 5.74) is 12.0. The van der Waals surface area contributed by atoms with E-state index in [-0.39, 0.29) is 5.54 Å². The summed E-state index contributed by atoms with van der Waals surface area (Å²) in [5.74, 6) is 0. The van der Waals surface area contributed by atoms with Gasteiger partial charge < -0.3 is 10.7 Å². The van der Waals surface area contributed by atoms with Crippen LogP contribution < -0.4 is 5.73 Å². The zero-order valence-corrected chi connectivity index (χ0v) is 11.4. The van der Waals surface area contributed by atoms with Crippen molar-refractivity contribution in [2.45, 2.75) is 31.7 Å². The average Bonchev–Trinajstić information content (AvgIpc) is 3.05. The number of nitrogens with two attached hydrogens (primary N) is 1. The van der Waals surface area contributed by atoms with Crippen molar-refractivity contribution in [2.75, 3.05) is 0 Å². The van der Waals surface area contributed by atoms with E-state index in [1.165, 1.54) is 16.8 Å². The second-order valence-corrected chi connectivity index (χ2v) is 5.75. The van der Waals surface area contributed by atoms with Gasteiger partial charge in [0.2, 0.25) is 0 Å². The molecule has 1 aliphatic rings. The third-order valence-corrected chi connectivity index (χ3v) is 4.27. The lowest BCUT2D eigenvalue weighted by Gasteiger charge is -2.31. The molecule has 0 radical (unpaired) electrons. The molecule has 0 aromatic carbocycles. The summed E-state index contributed by atoms with van der Waals surface area (Å²) in [6.07, 6.45) is 8.24. The van der Waals surface area contributed by atoms with Crippen LogP contribution in [0.5, 0.6) is 0 Å². The first kappa shape index (κ1) is 11.7. The van der Waals surface area contributed by atoms with E-state index >= 15 is 0 Å². The number of nitrogens with zero attached hydrogens (tertiary/aromatic N) is 3. The summed E-state index contributed by atoms with van der Waals surface area (Å²) in [7, 11) is 0. The molecule has 0 saturated carbocycles. The highest BCUT2D eigenvalue weighted by Gasteiger charge is 2.36. The summed E-state index contributed by atoms with van der Waals surface area (Å²) < 4.78 is 1.98. The summed E-state index contributed by atoms with van der Waals surface area (Å²) >= 11 is 0. The number of imidazole rings is 1. The first-order valence-electron chi connectivity index (χ1n) is 6.91. The molecule has 0 spiro atoms. The van der Waals surface area contributed by atoms with Crippen LogP contribution in [0.1, 0.15) is 28.9 Å². The Bertz CT molecular complexity index is 771. The van der Waals surface area contributed by atoms with Crippen LogP contribution in [0.25, 0.3) is 5.52 Å². The van der Waals surface area contributed by atoms with Gasteiger partial charge in [-0.3, -0.25) is 0 Å². The molecular formula is C15H17N5. The number of aryl methyl sites for hydroxylation is 2. The first-order chi connectivity index (χ1) is 9.66. The van der Waals surface area contributed by atoms with Crippen molar-refractivity contribution in [1.82, 2.24) is 19.6 Å². The van der Waals surface area contributed by atoms with E-state index in [0.29, 0.717) is 0 Å². The normalized spacial score (nSPS) is 22.1. The van der Waals surface area contributed by atoms with Gasteiger partial charge in [0.1, 0.15) is 0 Å². The number of rotatable bonds is 1. The van der Waals surface area contributed by atoms with E-state index < -0.39 is 0 Å². The van der Waals surface area contributed by atoms with Crippen molar-refractivity contribution in [3.8, 4) is 0 Å². The Labute approximate surface area is 116 Å². The van der Waals surface area contributed by atoms with Crippen molar-refractivity contribution < 1.29 is 0 Å². The number of fused-ring (bicyclic) bond motifs is 3. The van der Waals surface area contributed by atoms with Crippen LogP contribution in [0.4, 0.5) is 0 Å². The molecule has 0 amide bonds. The van der Waals surface area contributed by atoms with Gasteiger partial charge in [-0.2, -0.15) is 5.10 Å². The summed E-state index contributed by atoms with van der Waals surface area (Å²) in [6.45, 7) is 2.08. The van der Waals surface area contributed by atoms with Gasteiger partial charge in [0.25, 0.3) is 0 Å². The second kappa shape index (κ2) is 3.93. The predicted octanol–water partition coefficient (Wildman–Crippen LogP) is 1.71. The number of H-pyrrole nitrogens is 1. The fourth-order valence-electron chi connectivity index (χ4n) is 3.14. The smallest absolute Gasteiger partial charge is 0.0923 e. The van der Waals surface area contributed by atoms with E-state index in [4.69, 9.17) is 10.8 Å². The van der Waals surface area contributed by atoms with Gasteiger partial charge in [-0.15, -0.1) is 0 Å². The van der Waals surface area contributed by atoms with Crippen LogP contribution in [0.2, 0.25) is 0 Å². The average molecular weight is 267 g/mol. The molecule has 0 saturated heterocycles. The van der Waals surface area contributed by atoms with Crippen molar-refractivity contribution in [2.24, 2.45) is 5.73 Å². The molecule has 0 bridgehead atoms. The molecule has 1 atom stereocenters. The van der Waals surface area contributed by atoms with Crippen molar-refractivity contribution in [3.05, 3.63) is 53.4 Å². The van der Waals surface area contributed by atoms with Crippen LogP contribution in [0, 0.1) is 6.92 Å². The predicted molar refractivity (Wildman–Crippen MR) is 76.4 cm³/mol. The molecule has 5 nitrogen and oxygen atoms in total. The topological polar surface area (TPSA) is 72.0 Å². The maximum Gasteiger partial charge on any atom is 0.0923 e. The summed E-state index contributed by atoms with van der Waals surface area (Å²) in [6, 6.07) is 4.26. The molecule has 3 N–H and O–H groups in total. The van der Waals surface area contributed by atoms with E-state index in [1.807, 2.05) is 10.7 Å². The van der Waals surface area contributed by atoms with E-state index in [0.717, 1.165) is 30.5 Å². The van der Waals surface area contributed by atoms with E-state index in [1.54, 1.807) is 6.33 Å². The zero-order chi connectivity index (χ0) is 13.7. The third kappa shape index (κ3) is 1.59. The lowest BCUT2D eigenvalue weighted by Crippen LogP contribution is -2.42. The van der Waals surface area contributed by atoms with Crippen molar-refractivity contribution >= 4 is 5.52 Å². The highest BCUT2D eigenvalue weighted by atomic mass is 15.2. The van der Waals surface area contributed by atoms with Gasteiger partial charge in [-0.25, -0.2) is 9.50 Å². The van der Waals surface area contributed by atoms with Gasteiger partial charge in [0.15, 0.2) is 0 Å². The third-order valence-electron chi connectivity index (χ3n) is 4.27. The van der Waals surface area contributed by atoms with Crippen molar-refractivity contribution in [3.63, 3.8) is 0 Å². The molecule has 1 aliphatic carbocycles. The van der Waals surface area contributed by atoms with Gasteiger partial charge >= 0.3 is 0 Å². The fraction of sp³-hybridized carbons (Fsp3) is 0.333. The zero-order valence-electron chi connectivity index (χ0n) is 11.4. The van der Waals surface area contributed by atoms with E-state index in [9.17, 15) is 0 Å². The quantitative estimate of drug-likeness (QED) is 0.705. The maximum absolute atomic E-state index is 6.60. The monoisotopic (exact) mass is 267 g/mol. The Morgan fingerprint density at radius 2 is 2.30 bits per heavy atom. The SMILES string of the molecule is Cc1ccc2c3c(nn2c1)CCC(N)(c1c[nH]cn1)C3. The Balaban J connectivity index is 1.84. The minimum Gasteiger partial charge on any atom is -0.351 e. The Hall–Kier alpha value is -2.14. The van der Waals surface area contributed by atoms with Gasteiger partial charge in [0, 0.05) is 24.4 Å². The van der Waals surface area contributed by atoms with Gasteiger partial charge in [-0.1, -0.05) is 6.07 Å². The molecule has 5 heteroatoms. The Kier molecular flexibility index (Phi) is 2.29. The highest BCUT2D eigenvalue weighted by molar-refractivity contribution is 5.58. The summed E-state index contributed by atoms with van der Waals surface area (Å²) in [4.78, 5) is 7.36. The van der Waals surface area contributed by atoms with Gasteiger partial charge in [-0.05, 0) is 31.4 Å². The Morgan fingerprint density at radius 3 is 3.10 bits per heavy atom.